The Balaban J connectivity index is 1.62. The number of rotatable bonds is 6. The van der Waals surface area contributed by atoms with Crippen LogP contribution >= 0.6 is 0 Å². The number of non-ortho nitro benzene ring substituents is 1. The number of hydrogen-bond acceptors (Lipinski definition) is 5. The quantitative estimate of drug-likeness (QED) is 0.606. The Kier molecular flexibility index (Phi) is 6.26. The van der Waals surface area contributed by atoms with Crippen molar-refractivity contribution >= 4 is 17.3 Å². The SMILES string of the molecule is COc1ccc([N+](=O)[O-])cc1NC(=O)C(C)N1CCC(c2ccccc2)CC1. The highest BCUT2D eigenvalue weighted by Crippen LogP contribution is 2.31. The summed E-state index contributed by atoms with van der Waals surface area (Å²) in [4.78, 5) is 25.4. The molecule has 1 aliphatic rings. The van der Waals surface area contributed by atoms with E-state index in [1.807, 2.05) is 13.0 Å². The van der Waals surface area contributed by atoms with Crippen LogP contribution in [0, 0.1) is 10.1 Å². The average molecular weight is 383 g/mol. The molecule has 148 valence electrons. The number of carbonyl (C=O) groups excluding carboxylic acids is 1. The number of methoxy groups -OCH3 is 1. The van der Waals surface area contributed by atoms with E-state index >= 15 is 0 Å². The number of anilines is 1. The van der Waals surface area contributed by atoms with Crippen LogP contribution in [0.25, 0.3) is 0 Å². The first-order valence-electron chi connectivity index (χ1n) is 9.42. The number of likely N-dealkylation sites (tertiary alicyclic amines) is 1. The maximum atomic E-state index is 12.7. The Bertz CT molecular complexity index is 833. The molecule has 1 fully saturated rings. The van der Waals surface area contributed by atoms with Gasteiger partial charge >= 0.3 is 0 Å². The van der Waals surface area contributed by atoms with E-state index < -0.39 is 4.92 Å². The minimum Gasteiger partial charge on any atom is -0.495 e. The monoisotopic (exact) mass is 383 g/mol. The number of ether oxygens (including phenoxy) is 1. The largest absolute Gasteiger partial charge is 0.495 e. The van der Waals surface area contributed by atoms with Crippen molar-refractivity contribution in [3.63, 3.8) is 0 Å². The summed E-state index contributed by atoms with van der Waals surface area (Å²) >= 11 is 0. The first-order valence-corrected chi connectivity index (χ1v) is 9.42. The van der Waals surface area contributed by atoms with Crippen molar-refractivity contribution in [2.24, 2.45) is 0 Å². The van der Waals surface area contributed by atoms with Gasteiger partial charge in [0.25, 0.3) is 5.69 Å². The summed E-state index contributed by atoms with van der Waals surface area (Å²) in [6, 6.07) is 14.3. The van der Waals surface area contributed by atoms with E-state index in [4.69, 9.17) is 4.74 Å². The molecule has 28 heavy (non-hydrogen) atoms. The lowest BCUT2D eigenvalue weighted by atomic mass is 9.89. The van der Waals surface area contributed by atoms with Crippen LogP contribution < -0.4 is 10.1 Å². The number of nitrogens with one attached hydrogen (secondary N) is 1. The molecule has 1 aliphatic heterocycles. The molecule has 0 spiro atoms. The third-order valence-corrected chi connectivity index (χ3v) is 5.38. The molecule has 3 rings (SSSR count). The number of nitro benzene ring substituents is 1. The predicted octanol–water partition coefficient (Wildman–Crippen LogP) is 3.81. The molecule has 0 bridgehead atoms. The summed E-state index contributed by atoms with van der Waals surface area (Å²) in [6.07, 6.45) is 2.00. The molecule has 2 aromatic rings. The Morgan fingerprint density at radius 3 is 2.50 bits per heavy atom. The summed E-state index contributed by atoms with van der Waals surface area (Å²) < 4.78 is 5.22. The Hall–Kier alpha value is -2.93. The first kappa shape index (κ1) is 19.8. The van der Waals surface area contributed by atoms with Crippen LogP contribution in [0.2, 0.25) is 0 Å². The fourth-order valence-electron chi connectivity index (χ4n) is 3.66. The minimum absolute atomic E-state index is 0.0903. The standard InChI is InChI=1S/C21H25N3O4/c1-15(23-12-10-17(11-13-23)16-6-4-3-5-7-16)21(25)22-19-14-18(24(26)27)8-9-20(19)28-2/h3-9,14-15,17H,10-13H2,1-2H3,(H,22,25). The van der Waals surface area contributed by atoms with Gasteiger partial charge in [0.05, 0.1) is 23.8 Å². The van der Waals surface area contributed by atoms with Gasteiger partial charge in [-0.05, 0) is 50.4 Å². The topological polar surface area (TPSA) is 84.7 Å². The van der Waals surface area contributed by atoms with Crippen molar-refractivity contribution < 1.29 is 14.5 Å². The fraction of sp³-hybridized carbons (Fsp3) is 0.381. The summed E-state index contributed by atoms with van der Waals surface area (Å²) in [5, 5.41) is 13.8. The molecule has 0 radical (unpaired) electrons. The van der Waals surface area contributed by atoms with Crippen LogP contribution in [0.15, 0.2) is 48.5 Å². The summed E-state index contributed by atoms with van der Waals surface area (Å²) in [5.41, 5.74) is 1.57. The van der Waals surface area contributed by atoms with Gasteiger partial charge in [0, 0.05) is 12.1 Å². The zero-order valence-electron chi connectivity index (χ0n) is 16.1. The summed E-state index contributed by atoms with van der Waals surface area (Å²) in [7, 11) is 1.47. The van der Waals surface area contributed by atoms with Crippen molar-refractivity contribution in [2.75, 3.05) is 25.5 Å². The van der Waals surface area contributed by atoms with Crippen LogP contribution in [0.4, 0.5) is 11.4 Å². The molecule has 1 unspecified atom stereocenters. The molecule has 0 aliphatic carbocycles. The molecule has 1 heterocycles. The van der Waals surface area contributed by atoms with Crippen molar-refractivity contribution in [1.29, 1.82) is 0 Å². The van der Waals surface area contributed by atoms with Gasteiger partial charge in [-0.2, -0.15) is 0 Å². The average Bonchev–Trinajstić information content (AvgIpc) is 2.73. The van der Waals surface area contributed by atoms with Crippen molar-refractivity contribution in [2.45, 2.75) is 31.7 Å². The van der Waals surface area contributed by atoms with Crippen molar-refractivity contribution in [1.82, 2.24) is 4.90 Å². The lowest BCUT2D eigenvalue weighted by Crippen LogP contribution is -2.45. The number of hydrogen-bond donors (Lipinski definition) is 1. The number of amides is 1. The first-order chi connectivity index (χ1) is 13.5. The van der Waals surface area contributed by atoms with Crippen LogP contribution in [0.3, 0.4) is 0 Å². The van der Waals surface area contributed by atoms with Crippen molar-refractivity contribution in [3.8, 4) is 5.75 Å². The number of nitrogens with zero attached hydrogens (tertiary/aromatic N) is 2. The predicted molar refractivity (Wildman–Crippen MR) is 108 cm³/mol. The van der Waals surface area contributed by atoms with E-state index in [1.54, 1.807) is 0 Å². The maximum Gasteiger partial charge on any atom is 0.271 e. The molecule has 2 aromatic carbocycles. The van der Waals surface area contributed by atoms with Crippen LogP contribution in [-0.4, -0.2) is 42.0 Å². The molecular formula is C21H25N3O4. The minimum atomic E-state index is -0.493. The van der Waals surface area contributed by atoms with Gasteiger partial charge in [-0.25, -0.2) is 0 Å². The highest BCUT2D eigenvalue weighted by Gasteiger charge is 2.28. The number of piperidine rings is 1. The van der Waals surface area contributed by atoms with Crippen LogP contribution in [0.5, 0.6) is 5.75 Å². The second-order valence-electron chi connectivity index (χ2n) is 7.03. The number of nitro groups is 1. The summed E-state index contributed by atoms with van der Waals surface area (Å²) in [6.45, 7) is 3.53. The molecule has 7 heteroatoms. The van der Waals surface area contributed by atoms with Gasteiger partial charge < -0.3 is 10.1 Å². The van der Waals surface area contributed by atoms with Gasteiger partial charge in [0.15, 0.2) is 0 Å². The molecule has 1 saturated heterocycles. The maximum absolute atomic E-state index is 12.7. The second kappa shape index (κ2) is 8.84. The zero-order valence-corrected chi connectivity index (χ0v) is 16.1. The number of carbonyl (C=O) groups is 1. The fourth-order valence-corrected chi connectivity index (χ4v) is 3.66. The zero-order chi connectivity index (χ0) is 20.1. The molecule has 0 aromatic heterocycles. The van der Waals surface area contributed by atoms with E-state index in [9.17, 15) is 14.9 Å². The highest BCUT2D eigenvalue weighted by atomic mass is 16.6. The van der Waals surface area contributed by atoms with E-state index in [0.29, 0.717) is 17.4 Å². The van der Waals surface area contributed by atoms with Gasteiger partial charge in [0.2, 0.25) is 5.91 Å². The lowest BCUT2D eigenvalue weighted by Gasteiger charge is -2.35. The Morgan fingerprint density at radius 2 is 1.89 bits per heavy atom. The van der Waals surface area contributed by atoms with E-state index in [1.165, 1.54) is 30.9 Å². The third kappa shape index (κ3) is 4.48. The van der Waals surface area contributed by atoms with E-state index in [0.717, 1.165) is 25.9 Å². The molecular weight excluding hydrogens is 358 g/mol. The lowest BCUT2D eigenvalue weighted by molar-refractivity contribution is -0.384. The molecule has 7 nitrogen and oxygen atoms in total. The van der Waals surface area contributed by atoms with Gasteiger partial charge in [0.1, 0.15) is 5.75 Å². The van der Waals surface area contributed by atoms with Crippen LogP contribution in [0.1, 0.15) is 31.2 Å². The Morgan fingerprint density at radius 1 is 1.21 bits per heavy atom. The highest BCUT2D eigenvalue weighted by molar-refractivity contribution is 5.96. The van der Waals surface area contributed by atoms with Crippen molar-refractivity contribution in [3.05, 3.63) is 64.2 Å². The third-order valence-electron chi connectivity index (χ3n) is 5.38. The van der Waals surface area contributed by atoms with Gasteiger partial charge in [-0.15, -0.1) is 0 Å². The van der Waals surface area contributed by atoms with E-state index in [-0.39, 0.29) is 17.6 Å². The van der Waals surface area contributed by atoms with E-state index in [2.05, 4.69) is 34.5 Å². The second-order valence-corrected chi connectivity index (χ2v) is 7.03. The Labute approximate surface area is 164 Å². The van der Waals surface area contributed by atoms with Crippen LogP contribution in [-0.2, 0) is 4.79 Å². The van der Waals surface area contributed by atoms with Gasteiger partial charge in [-0.1, -0.05) is 30.3 Å². The normalized spacial score (nSPS) is 16.4. The molecule has 1 amide bonds. The number of benzene rings is 2. The molecule has 1 atom stereocenters. The molecule has 1 N–H and O–H groups in total. The summed E-state index contributed by atoms with van der Waals surface area (Å²) in [5.74, 6) is 0.718. The smallest absolute Gasteiger partial charge is 0.271 e. The van der Waals surface area contributed by atoms with Gasteiger partial charge in [-0.3, -0.25) is 19.8 Å². The molecule has 0 saturated carbocycles.